The van der Waals surface area contributed by atoms with Crippen LogP contribution < -0.4 is 5.32 Å². The molecule has 0 aliphatic carbocycles. The summed E-state index contributed by atoms with van der Waals surface area (Å²) in [5, 5.41) is 7.91. The summed E-state index contributed by atoms with van der Waals surface area (Å²) in [7, 11) is 0. The number of nitrogens with one attached hydrogen (secondary N) is 1. The zero-order valence-electron chi connectivity index (χ0n) is 9.45. The number of halogens is 1. The molecule has 1 unspecified atom stereocenters. The second kappa shape index (κ2) is 4.71. The van der Waals surface area contributed by atoms with E-state index in [2.05, 4.69) is 28.9 Å². The van der Waals surface area contributed by atoms with Gasteiger partial charge in [-0.05, 0) is 47.4 Å². The highest BCUT2D eigenvalue weighted by molar-refractivity contribution is 7.14. The van der Waals surface area contributed by atoms with E-state index >= 15 is 0 Å². The van der Waals surface area contributed by atoms with Gasteiger partial charge in [0.25, 0.3) is 0 Å². The lowest BCUT2D eigenvalue weighted by Gasteiger charge is -2.24. The van der Waals surface area contributed by atoms with E-state index in [4.69, 9.17) is 11.6 Å². The van der Waals surface area contributed by atoms with Gasteiger partial charge in [-0.15, -0.1) is 11.3 Å². The van der Waals surface area contributed by atoms with Crippen molar-refractivity contribution >= 4 is 27.9 Å². The van der Waals surface area contributed by atoms with Crippen molar-refractivity contribution in [3.05, 3.63) is 51.9 Å². The van der Waals surface area contributed by atoms with Crippen molar-refractivity contribution in [2.24, 2.45) is 5.92 Å². The maximum atomic E-state index is 6.20. The van der Waals surface area contributed by atoms with Crippen molar-refractivity contribution in [3.63, 3.8) is 0 Å². The van der Waals surface area contributed by atoms with E-state index in [1.807, 2.05) is 12.1 Å². The Morgan fingerprint density at radius 3 is 3.06 bits per heavy atom. The predicted molar refractivity (Wildman–Crippen MR) is 75.2 cm³/mol. The molecule has 3 heteroatoms. The van der Waals surface area contributed by atoms with Gasteiger partial charge >= 0.3 is 0 Å². The molecule has 0 amide bonds. The molecule has 1 atom stereocenters. The number of hydrogen-bond acceptors (Lipinski definition) is 2. The molecule has 1 aliphatic heterocycles. The molecule has 1 aliphatic rings. The van der Waals surface area contributed by atoms with Gasteiger partial charge in [0.2, 0.25) is 0 Å². The number of hydrogen-bond donors (Lipinski definition) is 1. The molecule has 2 heterocycles. The fourth-order valence-electron chi connectivity index (χ4n) is 2.39. The van der Waals surface area contributed by atoms with Crippen LogP contribution >= 0.6 is 22.9 Å². The number of rotatable bonds is 2. The van der Waals surface area contributed by atoms with Crippen LogP contribution in [0.25, 0.3) is 0 Å². The van der Waals surface area contributed by atoms with Gasteiger partial charge in [-0.2, -0.15) is 0 Å². The summed E-state index contributed by atoms with van der Waals surface area (Å²) in [5.41, 5.74) is 2.72. The standard InChI is InChI=1S/C14H14ClNS/c15-13-4-2-1-3-11(13)7-10-8-12-5-6-17-14(12)16-9-10/h1-6,10,16H,7-9H2. The van der Waals surface area contributed by atoms with Gasteiger partial charge in [-0.1, -0.05) is 29.8 Å². The van der Waals surface area contributed by atoms with Gasteiger partial charge in [0.15, 0.2) is 0 Å². The Labute approximate surface area is 110 Å². The predicted octanol–water partition coefficient (Wildman–Crippen LogP) is 4.23. The van der Waals surface area contributed by atoms with E-state index < -0.39 is 0 Å². The van der Waals surface area contributed by atoms with Crippen molar-refractivity contribution in [2.45, 2.75) is 12.8 Å². The van der Waals surface area contributed by atoms with Gasteiger partial charge < -0.3 is 5.32 Å². The highest BCUT2D eigenvalue weighted by Gasteiger charge is 2.19. The molecule has 1 nitrogen and oxygen atoms in total. The minimum Gasteiger partial charge on any atom is -0.376 e. The van der Waals surface area contributed by atoms with Crippen molar-refractivity contribution in [1.82, 2.24) is 0 Å². The first kappa shape index (κ1) is 11.1. The smallest absolute Gasteiger partial charge is 0.0915 e. The van der Waals surface area contributed by atoms with Crippen LogP contribution in [0.1, 0.15) is 11.1 Å². The van der Waals surface area contributed by atoms with Gasteiger partial charge in [-0.25, -0.2) is 0 Å². The zero-order chi connectivity index (χ0) is 11.7. The molecular weight excluding hydrogens is 250 g/mol. The summed E-state index contributed by atoms with van der Waals surface area (Å²) >= 11 is 8.00. The fourth-order valence-corrected chi connectivity index (χ4v) is 3.44. The maximum absolute atomic E-state index is 6.20. The lowest BCUT2D eigenvalue weighted by atomic mass is 9.91. The minimum atomic E-state index is 0.650. The fraction of sp³-hybridized carbons (Fsp3) is 0.286. The second-order valence-corrected chi connectivity index (χ2v) is 5.84. The average molecular weight is 264 g/mol. The van der Waals surface area contributed by atoms with Crippen molar-refractivity contribution in [1.29, 1.82) is 0 Å². The summed E-state index contributed by atoms with van der Waals surface area (Å²) in [6.45, 7) is 1.05. The monoisotopic (exact) mass is 263 g/mol. The summed E-state index contributed by atoms with van der Waals surface area (Å²) in [6.07, 6.45) is 2.22. The van der Waals surface area contributed by atoms with E-state index in [0.717, 1.165) is 24.4 Å². The topological polar surface area (TPSA) is 12.0 Å². The molecule has 1 aromatic heterocycles. The molecule has 1 N–H and O–H groups in total. The largest absolute Gasteiger partial charge is 0.376 e. The molecule has 0 saturated carbocycles. The van der Waals surface area contributed by atoms with Crippen LogP contribution in [-0.2, 0) is 12.8 Å². The highest BCUT2D eigenvalue weighted by Crippen LogP contribution is 2.31. The van der Waals surface area contributed by atoms with E-state index in [1.54, 1.807) is 11.3 Å². The summed E-state index contributed by atoms with van der Waals surface area (Å²) < 4.78 is 0. The summed E-state index contributed by atoms with van der Waals surface area (Å²) in [6, 6.07) is 10.4. The number of benzene rings is 1. The van der Waals surface area contributed by atoms with Crippen LogP contribution in [0.4, 0.5) is 5.00 Å². The van der Waals surface area contributed by atoms with E-state index in [9.17, 15) is 0 Å². The zero-order valence-corrected chi connectivity index (χ0v) is 11.0. The Morgan fingerprint density at radius 1 is 1.29 bits per heavy atom. The number of fused-ring (bicyclic) bond motifs is 1. The van der Waals surface area contributed by atoms with Gasteiger partial charge in [0.1, 0.15) is 0 Å². The SMILES string of the molecule is Clc1ccccc1CC1CNc2sccc2C1. The normalized spacial score (nSPS) is 18.5. The first-order valence-electron chi connectivity index (χ1n) is 5.86. The highest BCUT2D eigenvalue weighted by atomic mass is 35.5. The first-order chi connectivity index (χ1) is 8.33. The lowest BCUT2D eigenvalue weighted by molar-refractivity contribution is 0.538. The third-order valence-corrected chi connectivity index (χ3v) is 4.56. The van der Waals surface area contributed by atoms with Crippen LogP contribution in [0.5, 0.6) is 0 Å². The Morgan fingerprint density at radius 2 is 2.18 bits per heavy atom. The molecule has 88 valence electrons. The molecule has 0 bridgehead atoms. The molecule has 3 rings (SSSR count). The van der Waals surface area contributed by atoms with Gasteiger partial charge in [0, 0.05) is 11.6 Å². The molecule has 0 spiro atoms. The lowest BCUT2D eigenvalue weighted by Crippen LogP contribution is -2.23. The molecule has 17 heavy (non-hydrogen) atoms. The molecule has 2 aromatic rings. The third-order valence-electron chi connectivity index (χ3n) is 3.27. The average Bonchev–Trinajstić information content (AvgIpc) is 2.79. The van der Waals surface area contributed by atoms with Crippen LogP contribution in [0.2, 0.25) is 5.02 Å². The molecule has 0 saturated heterocycles. The summed E-state index contributed by atoms with van der Waals surface area (Å²) in [4.78, 5) is 0. The van der Waals surface area contributed by atoms with Gasteiger partial charge in [-0.3, -0.25) is 0 Å². The van der Waals surface area contributed by atoms with E-state index in [0.29, 0.717) is 5.92 Å². The maximum Gasteiger partial charge on any atom is 0.0915 e. The van der Waals surface area contributed by atoms with Gasteiger partial charge in [0.05, 0.1) is 5.00 Å². The minimum absolute atomic E-state index is 0.650. The summed E-state index contributed by atoms with van der Waals surface area (Å²) in [5.74, 6) is 0.650. The van der Waals surface area contributed by atoms with E-state index in [-0.39, 0.29) is 0 Å². The Hall–Kier alpha value is -0.990. The molecule has 1 aromatic carbocycles. The quantitative estimate of drug-likeness (QED) is 0.855. The molecule has 0 radical (unpaired) electrons. The molecule has 0 fully saturated rings. The van der Waals surface area contributed by atoms with Crippen molar-refractivity contribution in [3.8, 4) is 0 Å². The van der Waals surface area contributed by atoms with E-state index in [1.165, 1.54) is 16.1 Å². The Bertz CT molecular complexity index is 520. The number of anilines is 1. The Kier molecular flexibility index (Phi) is 3.08. The van der Waals surface area contributed by atoms with Crippen LogP contribution in [-0.4, -0.2) is 6.54 Å². The Balaban J connectivity index is 1.74. The van der Waals surface area contributed by atoms with Crippen LogP contribution in [0, 0.1) is 5.92 Å². The van der Waals surface area contributed by atoms with Crippen molar-refractivity contribution < 1.29 is 0 Å². The van der Waals surface area contributed by atoms with Crippen LogP contribution in [0.3, 0.4) is 0 Å². The second-order valence-electron chi connectivity index (χ2n) is 4.52. The third kappa shape index (κ3) is 2.33. The van der Waals surface area contributed by atoms with Crippen molar-refractivity contribution in [2.75, 3.05) is 11.9 Å². The number of thiophene rings is 1. The van der Waals surface area contributed by atoms with Crippen LogP contribution in [0.15, 0.2) is 35.7 Å². The molecular formula is C14H14ClNS. The first-order valence-corrected chi connectivity index (χ1v) is 7.12.